The number of aryl methyl sites for hydroxylation is 2. The fourth-order valence-corrected chi connectivity index (χ4v) is 3.38. The molecule has 0 bridgehead atoms. The lowest BCUT2D eigenvalue weighted by Gasteiger charge is -2.24. The number of amides is 2. The van der Waals surface area contributed by atoms with Crippen LogP contribution < -0.4 is 21.4 Å². The molecule has 1 rings (SSSR count). The smallest absolute Gasteiger partial charge is 0.426 e. The number of hydrogen-bond acceptors (Lipinski definition) is 6. The highest BCUT2D eigenvalue weighted by Crippen LogP contribution is 2.12. The van der Waals surface area contributed by atoms with E-state index in [0.29, 0.717) is 12.8 Å². The van der Waals surface area contributed by atoms with Crippen LogP contribution in [0.2, 0.25) is 0 Å². The van der Waals surface area contributed by atoms with Crippen molar-refractivity contribution in [3.8, 4) is 0 Å². The largest absolute Gasteiger partial charge is 0.475 e. The van der Waals surface area contributed by atoms with Crippen molar-refractivity contribution in [3.63, 3.8) is 0 Å². The zero-order valence-electron chi connectivity index (χ0n) is 20.1. The first-order chi connectivity index (χ1) is 15.9. The Bertz CT molecular complexity index is 866. The number of nitrogens with one attached hydrogen (secondary N) is 5. The number of hydrogen-bond donors (Lipinski definition) is 8. The zero-order chi connectivity index (χ0) is 25.8. The van der Waals surface area contributed by atoms with E-state index in [0.717, 1.165) is 16.7 Å². The molecule has 0 saturated carbocycles. The Labute approximate surface area is 199 Å². The third-order valence-corrected chi connectivity index (χ3v) is 5.10. The summed E-state index contributed by atoms with van der Waals surface area (Å²) in [5, 5.41) is 42.5. The third-order valence-electron chi connectivity index (χ3n) is 5.10. The van der Waals surface area contributed by atoms with Gasteiger partial charge in [-0.25, -0.2) is 5.21 Å². The van der Waals surface area contributed by atoms with Crippen LogP contribution in [0.25, 0.3) is 0 Å². The molecule has 2 atom stereocenters. The number of rotatable bonds is 13. The number of nitrogens with zero attached hydrogens (tertiary/aromatic N) is 1. The SMILES string of the molecule is Cc1ccc(C)c(CC(=O)N[C@@H](CCCNC(=N)N[N+](=O)O)C(=O)N[C@@H](CC(C)C)B(O)O)c1. The molecule has 0 spiro atoms. The Morgan fingerprint density at radius 2 is 1.85 bits per heavy atom. The molecule has 13 heteroatoms. The molecule has 0 fully saturated rings. The fraction of sp³-hybridized carbons (Fsp3) is 0.571. The van der Waals surface area contributed by atoms with Gasteiger partial charge >= 0.3 is 12.2 Å². The Kier molecular flexibility index (Phi) is 12.0. The van der Waals surface area contributed by atoms with Gasteiger partial charge in [0.2, 0.25) is 11.8 Å². The molecule has 0 radical (unpaired) electrons. The maximum atomic E-state index is 12.9. The van der Waals surface area contributed by atoms with Gasteiger partial charge in [-0.05, 0) is 55.6 Å². The summed E-state index contributed by atoms with van der Waals surface area (Å²) in [7, 11) is -1.75. The van der Waals surface area contributed by atoms with Crippen LogP contribution >= 0.6 is 0 Å². The minimum absolute atomic E-state index is 0.0813. The number of carbonyl (C=O) groups is 2. The van der Waals surface area contributed by atoms with Gasteiger partial charge < -0.3 is 26.0 Å². The number of benzene rings is 1. The van der Waals surface area contributed by atoms with Crippen LogP contribution in [0.5, 0.6) is 0 Å². The average molecular weight is 479 g/mol. The molecule has 0 aliphatic heterocycles. The van der Waals surface area contributed by atoms with E-state index in [1.807, 2.05) is 45.9 Å². The second kappa shape index (κ2) is 14.2. The quantitative estimate of drug-likeness (QED) is 0.0631. The van der Waals surface area contributed by atoms with Crippen LogP contribution in [0.3, 0.4) is 0 Å². The summed E-state index contributed by atoms with van der Waals surface area (Å²) in [6, 6.07) is 4.83. The summed E-state index contributed by atoms with van der Waals surface area (Å²) in [6.45, 7) is 7.77. The second-order valence-electron chi connectivity index (χ2n) is 8.71. The van der Waals surface area contributed by atoms with Gasteiger partial charge in [0.1, 0.15) is 10.9 Å². The Balaban J connectivity index is 2.85. The van der Waals surface area contributed by atoms with Gasteiger partial charge in [-0.1, -0.05) is 37.6 Å². The lowest BCUT2D eigenvalue weighted by Crippen LogP contribution is -2.54. The number of hydrazine groups is 1. The van der Waals surface area contributed by atoms with Gasteiger partial charge in [0.25, 0.3) is 5.96 Å². The minimum atomic E-state index is -1.75. The molecule has 1 aromatic carbocycles. The van der Waals surface area contributed by atoms with Crippen LogP contribution in [0, 0.1) is 30.1 Å². The van der Waals surface area contributed by atoms with E-state index >= 15 is 0 Å². The number of carbonyl (C=O) groups excluding carboxylic acids is 2. The van der Waals surface area contributed by atoms with Crippen LogP contribution in [-0.4, -0.2) is 63.7 Å². The molecule has 188 valence electrons. The number of guanidine groups is 1. The summed E-state index contributed by atoms with van der Waals surface area (Å²) < 4.78 is 0. The first kappa shape index (κ1) is 28.8. The molecule has 0 aliphatic rings. The molecule has 0 aromatic heterocycles. The second-order valence-corrected chi connectivity index (χ2v) is 8.71. The van der Waals surface area contributed by atoms with Crippen LogP contribution in [-0.2, 0) is 16.0 Å². The van der Waals surface area contributed by atoms with Gasteiger partial charge in [-0.2, -0.15) is 0 Å². The van der Waals surface area contributed by atoms with Crippen molar-refractivity contribution in [1.82, 2.24) is 21.4 Å². The standard InChI is InChI=1S/C21H35BN6O6/c1-13(2)10-18(22(31)32)26-20(30)17(6-5-9-24-21(23)27-28(33)34)25-19(29)12-16-11-14(3)7-8-15(16)4/h7-8,11,13,17-18,31-32H,5-6,9-10,12H2,1-4H3,(H5-,23,24,25,26,27,29,30,33,34)/p+1/t17-,18-/m0/s1. The predicted molar refractivity (Wildman–Crippen MR) is 127 cm³/mol. The summed E-state index contributed by atoms with van der Waals surface area (Å²) in [4.78, 5) is 36.1. The molecule has 8 N–H and O–H groups in total. The molecule has 34 heavy (non-hydrogen) atoms. The van der Waals surface area contributed by atoms with Crippen molar-refractivity contribution in [2.24, 2.45) is 5.92 Å². The predicted octanol–water partition coefficient (Wildman–Crippen LogP) is -0.149. The summed E-state index contributed by atoms with van der Waals surface area (Å²) in [5.74, 6) is -2.14. The normalized spacial score (nSPS) is 12.4. The van der Waals surface area contributed by atoms with E-state index in [-0.39, 0.29) is 31.2 Å². The van der Waals surface area contributed by atoms with Gasteiger partial charge in [0.15, 0.2) is 0 Å². The van der Waals surface area contributed by atoms with E-state index in [2.05, 4.69) is 16.0 Å². The van der Waals surface area contributed by atoms with E-state index in [1.165, 1.54) is 0 Å². The van der Waals surface area contributed by atoms with E-state index < -0.39 is 36.0 Å². The van der Waals surface area contributed by atoms with Crippen molar-refractivity contribution in [1.29, 1.82) is 5.41 Å². The fourth-order valence-electron chi connectivity index (χ4n) is 3.38. The lowest BCUT2D eigenvalue weighted by molar-refractivity contribution is -0.822. The summed E-state index contributed by atoms with van der Waals surface area (Å²) in [5.41, 5.74) is 4.59. The molecule has 0 unspecified atom stereocenters. The first-order valence-corrected chi connectivity index (χ1v) is 11.2. The maximum Gasteiger partial charge on any atom is 0.475 e. The van der Waals surface area contributed by atoms with Crippen molar-refractivity contribution in [3.05, 3.63) is 39.8 Å². The van der Waals surface area contributed by atoms with E-state index in [9.17, 15) is 24.5 Å². The third kappa shape index (κ3) is 11.1. The van der Waals surface area contributed by atoms with Crippen molar-refractivity contribution >= 4 is 24.9 Å². The molecular weight excluding hydrogens is 443 g/mol. The maximum absolute atomic E-state index is 12.9. The van der Waals surface area contributed by atoms with Crippen molar-refractivity contribution in [2.45, 2.75) is 65.4 Å². The van der Waals surface area contributed by atoms with E-state index in [1.54, 1.807) is 5.43 Å². The van der Waals surface area contributed by atoms with Crippen molar-refractivity contribution in [2.75, 3.05) is 6.54 Å². The van der Waals surface area contributed by atoms with Gasteiger partial charge in [-0.15, -0.1) is 0 Å². The molecule has 1 aromatic rings. The highest BCUT2D eigenvalue weighted by atomic mass is 16.7. The highest BCUT2D eigenvalue weighted by Gasteiger charge is 2.29. The van der Waals surface area contributed by atoms with Crippen LogP contribution in [0.1, 0.15) is 49.8 Å². The molecule has 0 heterocycles. The zero-order valence-corrected chi connectivity index (χ0v) is 20.1. The van der Waals surface area contributed by atoms with Gasteiger partial charge in [-0.3, -0.25) is 15.0 Å². The Morgan fingerprint density at radius 1 is 1.18 bits per heavy atom. The highest BCUT2D eigenvalue weighted by molar-refractivity contribution is 6.43. The molecule has 12 nitrogen and oxygen atoms in total. The van der Waals surface area contributed by atoms with Gasteiger partial charge in [0, 0.05) is 6.54 Å². The first-order valence-electron chi connectivity index (χ1n) is 11.2. The minimum Gasteiger partial charge on any atom is -0.426 e. The summed E-state index contributed by atoms with van der Waals surface area (Å²) >= 11 is 0. The molecular formula is C21H36BN6O6+. The molecule has 0 aliphatic carbocycles. The van der Waals surface area contributed by atoms with Gasteiger partial charge in [0.05, 0.1) is 12.4 Å². The summed E-state index contributed by atoms with van der Waals surface area (Å²) in [6.07, 6.45) is 0.926. The van der Waals surface area contributed by atoms with Crippen LogP contribution in [0.15, 0.2) is 18.2 Å². The molecule has 0 saturated heterocycles. The topological polar surface area (TPSA) is 187 Å². The monoisotopic (exact) mass is 479 g/mol. The van der Waals surface area contributed by atoms with E-state index in [4.69, 9.17) is 10.6 Å². The Hall–Kier alpha value is -3.19. The van der Waals surface area contributed by atoms with Crippen LogP contribution in [0.4, 0.5) is 0 Å². The van der Waals surface area contributed by atoms with Crippen molar-refractivity contribution < 1.29 is 29.9 Å². The Morgan fingerprint density at radius 3 is 2.44 bits per heavy atom. The molecule has 2 amide bonds. The average Bonchev–Trinajstić information content (AvgIpc) is 2.71. The lowest BCUT2D eigenvalue weighted by atomic mass is 9.75.